The van der Waals surface area contributed by atoms with Crippen LogP contribution in [0.5, 0.6) is 5.75 Å². The van der Waals surface area contributed by atoms with Crippen molar-refractivity contribution < 1.29 is 9.15 Å². The molecule has 0 unspecified atom stereocenters. The van der Waals surface area contributed by atoms with Gasteiger partial charge in [0.05, 0.1) is 7.11 Å². The molecular formula is C16H15N3O2S. The van der Waals surface area contributed by atoms with Gasteiger partial charge in [-0.2, -0.15) is 0 Å². The summed E-state index contributed by atoms with van der Waals surface area (Å²) < 4.78 is 10.8. The predicted octanol–water partition coefficient (Wildman–Crippen LogP) is 3.48. The first-order chi connectivity index (χ1) is 10.8. The predicted molar refractivity (Wildman–Crippen MR) is 85.0 cm³/mol. The number of methoxy groups -OCH3 is 1. The third-order valence-corrected chi connectivity index (χ3v) is 3.93. The molecule has 0 aliphatic carbocycles. The first-order valence-corrected chi connectivity index (χ1v) is 7.83. The van der Waals surface area contributed by atoms with E-state index in [1.807, 2.05) is 36.4 Å². The van der Waals surface area contributed by atoms with Gasteiger partial charge in [-0.25, -0.2) is 0 Å². The molecule has 22 heavy (non-hydrogen) atoms. The van der Waals surface area contributed by atoms with Gasteiger partial charge < -0.3 is 9.15 Å². The molecule has 2 heterocycles. The molecule has 5 nitrogen and oxygen atoms in total. The van der Waals surface area contributed by atoms with Crippen LogP contribution in [0.1, 0.15) is 5.56 Å². The van der Waals surface area contributed by atoms with Gasteiger partial charge in [0.1, 0.15) is 5.75 Å². The minimum Gasteiger partial charge on any atom is -0.497 e. The number of aromatic nitrogens is 3. The number of pyridine rings is 1. The molecule has 0 saturated heterocycles. The molecule has 1 aromatic carbocycles. The Labute approximate surface area is 132 Å². The summed E-state index contributed by atoms with van der Waals surface area (Å²) in [5, 5.41) is 8.73. The zero-order chi connectivity index (χ0) is 15.2. The van der Waals surface area contributed by atoms with Crippen LogP contribution < -0.4 is 4.74 Å². The molecule has 0 N–H and O–H groups in total. The average Bonchev–Trinajstić information content (AvgIpc) is 3.05. The van der Waals surface area contributed by atoms with E-state index in [1.165, 1.54) is 5.56 Å². The zero-order valence-electron chi connectivity index (χ0n) is 12.1. The summed E-state index contributed by atoms with van der Waals surface area (Å²) in [5.41, 5.74) is 2.13. The Kier molecular flexibility index (Phi) is 4.70. The topological polar surface area (TPSA) is 61.0 Å². The molecule has 0 saturated carbocycles. The number of hydrogen-bond donors (Lipinski definition) is 0. The van der Waals surface area contributed by atoms with Gasteiger partial charge >= 0.3 is 0 Å². The Morgan fingerprint density at radius 3 is 2.55 bits per heavy atom. The number of hydrogen-bond acceptors (Lipinski definition) is 6. The number of thioether (sulfide) groups is 1. The van der Waals surface area contributed by atoms with E-state index in [4.69, 9.17) is 9.15 Å². The van der Waals surface area contributed by atoms with Crippen LogP contribution in [0.15, 0.2) is 58.4 Å². The molecule has 3 aromatic rings. The van der Waals surface area contributed by atoms with Crippen molar-refractivity contribution in [2.45, 2.75) is 11.6 Å². The maximum atomic E-state index is 5.67. The lowest BCUT2D eigenvalue weighted by molar-refractivity contribution is 0.414. The molecule has 6 heteroatoms. The van der Waals surface area contributed by atoms with Gasteiger partial charge in [0, 0.05) is 23.7 Å². The standard InChI is InChI=1S/C16H15N3O2S/c1-20-14-4-2-13(3-5-14)15-18-19-16(21-15)22-11-8-12-6-9-17-10-7-12/h2-7,9-10H,8,11H2,1H3. The molecule has 0 spiro atoms. The van der Waals surface area contributed by atoms with E-state index in [2.05, 4.69) is 15.2 Å². The fourth-order valence-corrected chi connectivity index (χ4v) is 2.67. The van der Waals surface area contributed by atoms with Crippen molar-refractivity contribution in [2.24, 2.45) is 0 Å². The smallest absolute Gasteiger partial charge is 0.276 e. The molecule has 0 aliphatic rings. The Balaban J connectivity index is 1.58. The van der Waals surface area contributed by atoms with E-state index in [0.29, 0.717) is 11.1 Å². The quantitative estimate of drug-likeness (QED) is 0.649. The molecular weight excluding hydrogens is 298 g/mol. The van der Waals surface area contributed by atoms with Crippen LogP contribution in [0.3, 0.4) is 0 Å². The minimum atomic E-state index is 0.522. The number of ether oxygens (including phenoxy) is 1. The summed E-state index contributed by atoms with van der Waals surface area (Å²) >= 11 is 1.55. The Morgan fingerprint density at radius 2 is 1.82 bits per heavy atom. The normalized spacial score (nSPS) is 10.6. The Hall–Kier alpha value is -2.34. The number of rotatable bonds is 6. The van der Waals surface area contributed by atoms with Crippen molar-refractivity contribution in [3.63, 3.8) is 0 Å². The lowest BCUT2D eigenvalue weighted by Crippen LogP contribution is -1.88. The van der Waals surface area contributed by atoms with E-state index in [1.54, 1.807) is 31.3 Å². The van der Waals surface area contributed by atoms with Crippen molar-refractivity contribution >= 4 is 11.8 Å². The molecule has 0 fully saturated rings. The highest BCUT2D eigenvalue weighted by Gasteiger charge is 2.09. The first kappa shape index (κ1) is 14.6. The van der Waals surface area contributed by atoms with Gasteiger partial charge in [-0.3, -0.25) is 4.98 Å². The van der Waals surface area contributed by atoms with E-state index in [0.717, 1.165) is 23.5 Å². The second kappa shape index (κ2) is 7.09. The maximum absolute atomic E-state index is 5.67. The minimum absolute atomic E-state index is 0.522. The SMILES string of the molecule is COc1ccc(-c2nnc(SCCc3ccncc3)o2)cc1. The van der Waals surface area contributed by atoms with E-state index >= 15 is 0 Å². The average molecular weight is 313 g/mol. The molecule has 3 rings (SSSR count). The molecule has 0 radical (unpaired) electrons. The molecule has 0 amide bonds. The highest BCUT2D eigenvalue weighted by atomic mass is 32.2. The fourth-order valence-electron chi connectivity index (χ4n) is 1.92. The van der Waals surface area contributed by atoms with E-state index < -0.39 is 0 Å². The van der Waals surface area contributed by atoms with Crippen LogP contribution in [0.25, 0.3) is 11.5 Å². The Morgan fingerprint density at radius 1 is 1.05 bits per heavy atom. The van der Waals surface area contributed by atoms with Gasteiger partial charge in [-0.05, 0) is 48.4 Å². The fraction of sp³-hybridized carbons (Fsp3) is 0.188. The highest BCUT2D eigenvalue weighted by molar-refractivity contribution is 7.99. The van der Waals surface area contributed by atoms with Crippen LogP contribution in [-0.2, 0) is 6.42 Å². The number of benzene rings is 1. The largest absolute Gasteiger partial charge is 0.497 e. The Bertz CT molecular complexity index is 714. The third-order valence-electron chi connectivity index (χ3n) is 3.11. The van der Waals surface area contributed by atoms with Crippen LogP contribution in [0, 0.1) is 0 Å². The summed E-state index contributed by atoms with van der Waals surface area (Å²) in [4.78, 5) is 4.00. The molecule has 0 bridgehead atoms. The van der Waals surface area contributed by atoms with Crippen LogP contribution >= 0.6 is 11.8 Å². The number of nitrogens with zero attached hydrogens (tertiary/aromatic N) is 3. The maximum Gasteiger partial charge on any atom is 0.276 e. The van der Waals surface area contributed by atoms with Gasteiger partial charge in [0.2, 0.25) is 5.89 Å². The van der Waals surface area contributed by atoms with Gasteiger partial charge in [0.15, 0.2) is 0 Å². The molecule has 112 valence electrons. The van der Waals surface area contributed by atoms with Crippen molar-refractivity contribution in [1.29, 1.82) is 0 Å². The lowest BCUT2D eigenvalue weighted by Gasteiger charge is -1.99. The second-order valence-electron chi connectivity index (χ2n) is 4.56. The first-order valence-electron chi connectivity index (χ1n) is 6.85. The summed E-state index contributed by atoms with van der Waals surface area (Å²) in [5.74, 6) is 2.21. The summed E-state index contributed by atoms with van der Waals surface area (Å²) in [6.07, 6.45) is 4.54. The van der Waals surface area contributed by atoms with Crippen LogP contribution in [0.4, 0.5) is 0 Å². The van der Waals surface area contributed by atoms with Crippen molar-refractivity contribution in [1.82, 2.24) is 15.2 Å². The van der Waals surface area contributed by atoms with Gasteiger partial charge in [-0.15, -0.1) is 10.2 Å². The van der Waals surface area contributed by atoms with Crippen LogP contribution in [-0.4, -0.2) is 28.0 Å². The third kappa shape index (κ3) is 3.65. The summed E-state index contributed by atoms with van der Waals surface area (Å²) in [6, 6.07) is 11.6. The van der Waals surface area contributed by atoms with Gasteiger partial charge in [-0.1, -0.05) is 11.8 Å². The zero-order valence-corrected chi connectivity index (χ0v) is 12.9. The molecule has 0 atom stereocenters. The van der Waals surface area contributed by atoms with E-state index in [-0.39, 0.29) is 0 Å². The van der Waals surface area contributed by atoms with Gasteiger partial charge in [0.25, 0.3) is 5.22 Å². The van der Waals surface area contributed by atoms with Crippen molar-refractivity contribution in [2.75, 3.05) is 12.9 Å². The second-order valence-corrected chi connectivity index (χ2v) is 5.60. The van der Waals surface area contributed by atoms with E-state index in [9.17, 15) is 0 Å². The molecule has 2 aromatic heterocycles. The monoisotopic (exact) mass is 313 g/mol. The van der Waals surface area contributed by atoms with Crippen molar-refractivity contribution in [3.05, 3.63) is 54.4 Å². The number of aryl methyl sites for hydroxylation is 1. The highest BCUT2D eigenvalue weighted by Crippen LogP contribution is 2.25. The summed E-state index contributed by atoms with van der Waals surface area (Å²) in [6.45, 7) is 0. The van der Waals surface area contributed by atoms with Crippen LogP contribution in [0.2, 0.25) is 0 Å². The lowest BCUT2D eigenvalue weighted by atomic mass is 10.2. The molecule has 0 aliphatic heterocycles. The summed E-state index contributed by atoms with van der Waals surface area (Å²) in [7, 11) is 1.64. The van der Waals surface area contributed by atoms with Crippen molar-refractivity contribution in [3.8, 4) is 17.2 Å².